The molecule has 3 rings (SSSR count). The summed E-state index contributed by atoms with van der Waals surface area (Å²) in [5.41, 5.74) is 0.882. The fourth-order valence-electron chi connectivity index (χ4n) is 2.57. The molecule has 8 heteroatoms. The molecule has 120 valence electrons. The third kappa shape index (κ3) is 3.14. The van der Waals surface area contributed by atoms with Gasteiger partial charge in [-0.25, -0.2) is 13.4 Å². The lowest BCUT2D eigenvalue weighted by atomic mass is 10.1. The van der Waals surface area contributed by atoms with Gasteiger partial charge in [-0.1, -0.05) is 0 Å². The molecule has 0 bridgehead atoms. The first-order valence-corrected chi connectivity index (χ1v) is 9.43. The number of nitrogens with zero attached hydrogens (tertiary/aromatic N) is 3. The van der Waals surface area contributed by atoms with E-state index in [-0.39, 0.29) is 35.9 Å². The second-order valence-corrected chi connectivity index (χ2v) is 7.96. The molecule has 3 heterocycles. The number of sulfonamides is 1. The molecule has 2 aromatic rings. The van der Waals surface area contributed by atoms with Gasteiger partial charge in [0.2, 0.25) is 10.0 Å². The number of aromatic nitrogens is 1. The highest BCUT2D eigenvalue weighted by atomic mass is 32.2. The summed E-state index contributed by atoms with van der Waals surface area (Å²) < 4.78 is 33.1. The number of hydrogen-bond donors (Lipinski definition) is 0. The van der Waals surface area contributed by atoms with Crippen molar-refractivity contribution in [3.05, 3.63) is 46.4 Å². The first kappa shape index (κ1) is 16.1. The molecule has 0 aliphatic carbocycles. The zero-order valence-corrected chi connectivity index (χ0v) is 14.0. The fraction of sp³-hybridized carbons (Fsp3) is 0.333. The third-order valence-electron chi connectivity index (χ3n) is 3.64. The van der Waals surface area contributed by atoms with Gasteiger partial charge in [0.1, 0.15) is 11.0 Å². The molecule has 0 saturated carbocycles. The second-order valence-electron chi connectivity index (χ2n) is 5.28. The van der Waals surface area contributed by atoms with Crippen molar-refractivity contribution in [2.45, 2.75) is 24.0 Å². The lowest BCUT2D eigenvalue weighted by Crippen LogP contribution is -2.46. The van der Waals surface area contributed by atoms with E-state index in [9.17, 15) is 8.42 Å². The van der Waals surface area contributed by atoms with E-state index in [2.05, 4.69) is 4.98 Å². The van der Waals surface area contributed by atoms with E-state index in [1.165, 1.54) is 22.6 Å². The minimum atomic E-state index is -3.79. The first-order valence-electron chi connectivity index (χ1n) is 7.05. The number of ether oxygens (including phenoxy) is 1. The van der Waals surface area contributed by atoms with Gasteiger partial charge in [-0.3, -0.25) is 0 Å². The van der Waals surface area contributed by atoms with E-state index in [4.69, 9.17) is 10.00 Å². The minimum Gasteiger partial charge on any atom is -0.368 e. The topological polar surface area (TPSA) is 83.3 Å². The van der Waals surface area contributed by atoms with Gasteiger partial charge in [0.25, 0.3) is 0 Å². The van der Waals surface area contributed by atoms with Crippen LogP contribution in [-0.2, 0) is 14.8 Å². The number of thiophene rings is 1. The zero-order chi connectivity index (χ0) is 16.4. The zero-order valence-electron chi connectivity index (χ0n) is 12.4. The minimum absolute atomic E-state index is 0.0549. The Morgan fingerprint density at radius 3 is 2.96 bits per heavy atom. The fourth-order valence-corrected chi connectivity index (χ4v) is 4.88. The van der Waals surface area contributed by atoms with Crippen LogP contribution in [0.25, 0.3) is 0 Å². The van der Waals surface area contributed by atoms with Crippen molar-refractivity contribution in [1.29, 1.82) is 5.26 Å². The van der Waals surface area contributed by atoms with Crippen molar-refractivity contribution in [3.63, 3.8) is 0 Å². The van der Waals surface area contributed by atoms with Gasteiger partial charge in [-0.2, -0.15) is 20.9 Å². The molecule has 0 aromatic carbocycles. The molecule has 0 unspecified atom stereocenters. The maximum absolute atomic E-state index is 12.9. The van der Waals surface area contributed by atoms with E-state index in [1.54, 1.807) is 11.3 Å². The Labute approximate surface area is 139 Å². The molecule has 0 amide bonds. The number of morpholine rings is 1. The summed E-state index contributed by atoms with van der Waals surface area (Å²) in [6.45, 7) is 2.32. The summed E-state index contributed by atoms with van der Waals surface area (Å²) in [6, 6.07) is 6.72. The Morgan fingerprint density at radius 1 is 1.43 bits per heavy atom. The van der Waals surface area contributed by atoms with Gasteiger partial charge in [0.05, 0.1) is 12.2 Å². The summed E-state index contributed by atoms with van der Waals surface area (Å²) in [6.07, 6.45) is 0.876. The van der Waals surface area contributed by atoms with Crippen molar-refractivity contribution in [2.75, 3.05) is 13.1 Å². The number of rotatable bonds is 3. The van der Waals surface area contributed by atoms with E-state index in [0.717, 1.165) is 5.56 Å². The van der Waals surface area contributed by atoms with Crippen LogP contribution in [0.15, 0.2) is 40.1 Å². The molecule has 2 atom stereocenters. The van der Waals surface area contributed by atoms with Crippen molar-refractivity contribution in [1.82, 2.24) is 9.29 Å². The molecular formula is C15H15N3O3S2. The summed E-state index contributed by atoms with van der Waals surface area (Å²) >= 11 is 1.54. The summed E-state index contributed by atoms with van der Waals surface area (Å²) in [4.78, 5) is 3.79. The Hall–Kier alpha value is -1.79. The lowest BCUT2D eigenvalue weighted by molar-refractivity contribution is -0.0555. The Morgan fingerprint density at radius 2 is 2.26 bits per heavy atom. The van der Waals surface area contributed by atoms with Crippen molar-refractivity contribution in [3.8, 4) is 6.07 Å². The van der Waals surface area contributed by atoms with Crippen LogP contribution in [0.4, 0.5) is 0 Å². The average Bonchev–Trinajstić information content (AvgIpc) is 3.08. The monoisotopic (exact) mass is 349 g/mol. The third-order valence-corrected chi connectivity index (χ3v) is 6.20. The molecule has 1 saturated heterocycles. The maximum atomic E-state index is 12.9. The highest BCUT2D eigenvalue weighted by molar-refractivity contribution is 7.89. The lowest BCUT2D eigenvalue weighted by Gasteiger charge is -2.35. The molecule has 23 heavy (non-hydrogen) atoms. The molecule has 0 radical (unpaired) electrons. The highest BCUT2D eigenvalue weighted by Gasteiger charge is 2.36. The van der Waals surface area contributed by atoms with Crippen LogP contribution in [0.3, 0.4) is 0 Å². The Bertz CT molecular complexity index is 828. The smallest absolute Gasteiger partial charge is 0.246 e. The molecule has 1 aliphatic heterocycles. The van der Waals surface area contributed by atoms with Crippen LogP contribution in [0.2, 0.25) is 0 Å². The van der Waals surface area contributed by atoms with Crippen LogP contribution in [0.5, 0.6) is 0 Å². The number of hydrogen-bond acceptors (Lipinski definition) is 6. The predicted octanol–water partition coefficient (Wildman–Crippen LogP) is 2.17. The molecule has 2 aromatic heterocycles. The van der Waals surface area contributed by atoms with Crippen LogP contribution in [0, 0.1) is 11.3 Å². The predicted molar refractivity (Wildman–Crippen MR) is 85.3 cm³/mol. The van der Waals surface area contributed by atoms with E-state index in [0.29, 0.717) is 0 Å². The van der Waals surface area contributed by atoms with Crippen molar-refractivity contribution >= 4 is 21.4 Å². The molecular weight excluding hydrogens is 334 g/mol. The quantitative estimate of drug-likeness (QED) is 0.848. The molecule has 1 fully saturated rings. The van der Waals surface area contributed by atoms with Gasteiger partial charge in [-0.05, 0) is 41.4 Å². The van der Waals surface area contributed by atoms with Crippen LogP contribution in [-0.4, -0.2) is 36.9 Å². The molecule has 6 nitrogen and oxygen atoms in total. The summed E-state index contributed by atoms with van der Waals surface area (Å²) in [5, 5.41) is 13.0. The summed E-state index contributed by atoms with van der Waals surface area (Å²) in [7, 11) is -3.79. The van der Waals surface area contributed by atoms with Crippen LogP contribution < -0.4 is 0 Å². The molecule has 0 N–H and O–H groups in total. The SMILES string of the molecule is C[C@@H]1CN(S(=O)(=O)c2cccnc2C#N)C[C@@H](c2ccsc2)O1. The van der Waals surface area contributed by atoms with Gasteiger partial charge in [0, 0.05) is 19.3 Å². The average molecular weight is 349 g/mol. The van der Waals surface area contributed by atoms with Gasteiger partial charge >= 0.3 is 0 Å². The van der Waals surface area contributed by atoms with Gasteiger partial charge in [-0.15, -0.1) is 0 Å². The van der Waals surface area contributed by atoms with Crippen LogP contribution in [0.1, 0.15) is 24.3 Å². The van der Waals surface area contributed by atoms with E-state index < -0.39 is 10.0 Å². The standard InChI is InChI=1S/C15H15N3O3S2/c1-11-8-18(9-14(21-11)12-4-6-22-10-12)23(19,20)15-3-2-5-17-13(15)7-16/h2-6,10-11,14H,8-9H2,1H3/t11-,14+/m1/s1. The Balaban J connectivity index is 1.95. The normalized spacial score (nSPS) is 22.6. The number of nitriles is 1. The van der Waals surface area contributed by atoms with Crippen molar-refractivity contribution < 1.29 is 13.2 Å². The van der Waals surface area contributed by atoms with Gasteiger partial charge in [0.15, 0.2) is 5.69 Å². The largest absolute Gasteiger partial charge is 0.368 e. The molecule has 0 spiro atoms. The molecule has 1 aliphatic rings. The van der Waals surface area contributed by atoms with Crippen LogP contribution >= 0.6 is 11.3 Å². The first-order chi connectivity index (χ1) is 11.0. The Kier molecular flexibility index (Phi) is 4.46. The van der Waals surface area contributed by atoms with E-state index >= 15 is 0 Å². The van der Waals surface area contributed by atoms with Gasteiger partial charge < -0.3 is 4.74 Å². The number of pyridine rings is 1. The highest BCUT2D eigenvalue weighted by Crippen LogP contribution is 2.30. The maximum Gasteiger partial charge on any atom is 0.246 e. The van der Waals surface area contributed by atoms with E-state index in [1.807, 2.05) is 29.8 Å². The van der Waals surface area contributed by atoms with Crippen molar-refractivity contribution in [2.24, 2.45) is 0 Å². The second kappa shape index (κ2) is 6.37. The summed E-state index contributed by atoms with van der Waals surface area (Å²) in [5.74, 6) is 0.